The number of alkyl carbamates (subject to hydrolysis) is 1. The molecule has 2 rings (SSSR count). The predicted molar refractivity (Wildman–Crippen MR) is 87.9 cm³/mol. The highest BCUT2D eigenvalue weighted by molar-refractivity contribution is 6.30. The first-order chi connectivity index (χ1) is 11.9. The van der Waals surface area contributed by atoms with Gasteiger partial charge < -0.3 is 10.1 Å². The van der Waals surface area contributed by atoms with Crippen molar-refractivity contribution in [3.05, 3.63) is 70.5 Å². The lowest BCUT2D eigenvalue weighted by atomic mass is 10.2. The van der Waals surface area contributed by atoms with E-state index in [-0.39, 0.29) is 18.7 Å². The van der Waals surface area contributed by atoms with Crippen molar-refractivity contribution in [1.29, 1.82) is 0 Å². The zero-order valence-electron chi connectivity index (χ0n) is 12.9. The van der Waals surface area contributed by atoms with Crippen molar-refractivity contribution in [2.75, 3.05) is 6.54 Å². The Balaban J connectivity index is 1.82. The molecule has 0 fully saturated rings. The minimum atomic E-state index is -4.58. The van der Waals surface area contributed by atoms with E-state index in [4.69, 9.17) is 16.3 Å². The summed E-state index contributed by atoms with van der Waals surface area (Å²) in [4.78, 5) is 15.0. The second kappa shape index (κ2) is 8.53. The van der Waals surface area contributed by atoms with Crippen LogP contribution in [-0.4, -0.2) is 17.6 Å². The molecule has 132 valence electrons. The van der Waals surface area contributed by atoms with E-state index < -0.39 is 23.0 Å². The molecule has 25 heavy (non-hydrogen) atoms. The molecule has 2 aromatic rings. The number of hydrogen-bond donors (Lipinski definition) is 1. The number of nitrogens with zero attached hydrogens (tertiary/aromatic N) is 1. The number of amides is 1. The third-order valence-electron chi connectivity index (χ3n) is 3.05. The summed E-state index contributed by atoms with van der Waals surface area (Å²) in [6, 6.07) is 10.0. The second-order valence-electron chi connectivity index (χ2n) is 4.95. The SMILES string of the molecule is O=C(NCC=Cc1cnc(Cl)c(C(F)(F)F)c1)OCc1ccccc1. The van der Waals surface area contributed by atoms with Gasteiger partial charge in [0.15, 0.2) is 0 Å². The number of alkyl halides is 3. The minimum absolute atomic E-state index is 0.0948. The van der Waals surface area contributed by atoms with E-state index in [2.05, 4.69) is 10.3 Å². The molecule has 0 saturated heterocycles. The molecule has 1 aromatic carbocycles. The number of aromatic nitrogens is 1. The number of benzene rings is 1. The zero-order chi connectivity index (χ0) is 18.3. The van der Waals surface area contributed by atoms with Crippen LogP contribution in [0.2, 0.25) is 5.15 Å². The summed E-state index contributed by atoms with van der Waals surface area (Å²) in [7, 11) is 0. The number of nitrogens with one attached hydrogen (secondary N) is 1. The number of halogens is 4. The molecular formula is C17H14ClF3N2O2. The van der Waals surface area contributed by atoms with Crippen molar-refractivity contribution in [2.24, 2.45) is 0 Å². The summed E-state index contributed by atoms with van der Waals surface area (Å²) in [5, 5.41) is 1.86. The highest BCUT2D eigenvalue weighted by atomic mass is 35.5. The number of carbonyl (C=O) groups excluding carboxylic acids is 1. The van der Waals surface area contributed by atoms with Crippen LogP contribution in [0.1, 0.15) is 16.7 Å². The molecule has 4 nitrogen and oxygen atoms in total. The van der Waals surface area contributed by atoms with Crippen molar-refractivity contribution in [2.45, 2.75) is 12.8 Å². The van der Waals surface area contributed by atoms with E-state index in [0.717, 1.165) is 11.6 Å². The maximum Gasteiger partial charge on any atom is 0.419 e. The molecule has 1 N–H and O–H groups in total. The Bertz CT molecular complexity index is 749. The Labute approximate surface area is 147 Å². The van der Waals surface area contributed by atoms with Gasteiger partial charge in [0.1, 0.15) is 11.8 Å². The maximum absolute atomic E-state index is 12.7. The van der Waals surface area contributed by atoms with Crippen molar-refractivity contribution in [3.8, 4) is 0 Å². The lowest BCUT2D eigenvalue weighted by Gasteiger charge is -2.08. The fourth-order valence-electron chi connectivity index (χ4n) is 1.87. The highest BCUT2D eigenvalue weighted by Crippen LogP contribution is 2.34. The Morgan fingerprint density at radius 1 is 1.28 bits per heavy atom. The van der Waals surface area contributed by atoms with Crippen molar-refractivity contribution >= 4 is 23.8 Å². The minimum Gasteiger partial charge on any atom is -0.445 e. The van der Waals surface area contributed by atoms with Crippen LogP contribution >= 0.6 is 11.6 Å². The summed E-state index contributed by atoms with van der Waals surface area (Å²) in [6.45, 7) is 0.226. The van der Waals surface area contributed by atoms with E-state index >= 15 is 0 Å². The van der Waals surface area contributed by atoms with Crippen LogP contribution in [0.4, 0.5) is 18.0 Å². The first-order valence-corrected chi connectivity index (χ1v) is 7.58. The largest absolute Gasteiger partial charge is 0.445 e. The lowest BCUT2D eigenvalue weighted by Crippen LogP contribution is -2.24. The molecule has 0 unspecified atom stereocenters. The fourth-order valence-corrected chi connectivity index (χ4v) is 2.08. The number of ether oxygens (including phenoxy) is 1. The van der Waals surface area contributed by atoms with Crippen molar-refractivity contribution in [3.63, 3.8) is 0 Å². The van der Waals surface area contributed by atoms with Gasteiger partial charge in [0.2, 0.25) is 0 Å². The molecule has 0 aliphatic carbocycles. The molecule has 0 saturated carbocycles. The average molecular weight is 371 g/mol. The number of carbonyl (C=O) groups is 1. The first kappa shape index (κ1) is 18.8. The maximum atomic E-state index is 12.7. The quantitative estimate of drug-likeness (QED) is 0.776. The van der Waals surface area contributed by atoms with Crippen LogP contribution in [0, 0.1) is 0 Å². The number of rotatable bonds is 5. The number of pyridine rings is 1. The number of hydrogen-bond acceptors (Lipinski definition) is 3. The molecule has 1 aromatic heterocycles. The molecule has 0 radical (unpaired) electrons. The van der Waals surface area contributed by atoms with Gasteiger partial charge in [-0.15, -0.1) is 0 Å². The Morgan fingerprint density at radius 2 is 2.00 bits per heavy atom. The van der Waals surface area contributed by atoms with Gasteiger partial charge in [-0.1, -0.05) is 54.1 Å². The average Bonchev–Trinajstić information content (AvgIpc) is 2.58. The lowest BCUT2D eigenvalue weighted by molar-refractivity contribution is -0.137. The van der Waals surface area contributed by atoms with Gasteiger partial charge in [0.25, 0.3) is 0 Å². The molecule has 0 aliphatic rings. The Morgan fingerprint density at radius 3 is 2.68 bits per heavy atom. The molecule has 1 amide bonds. The monoisotopic (exact) mass is 370 g/mol. The van der Waals surface area contributed by atoms with Gasteiger partial charge in [-0.05, 0) is 17.2 Å². The van der Waals surface area contributed by atoms with Crippen LogP contribution in [0.3, 0.4) is 0 Å². The van der Waals surface area contributed by atoms with Gasteiger partial charge in [0.05, 0.1) is 5.56 Å². The summed E-state index contributed by atoms with van der Waals surface area (Å²) in [5.74, 6) is 0. The van der Waals surface area contributed by atoms with Crippen LogP contribution in [0.15, 0.2) is 48.7 Å². The van der Waals surface area contributed by atoms with E-state index in [9.17, 15) is 18.0 Å². The van der Waals surface area contributed by atoms with Gasteiger partial charge >= 0.3 is 12.3 Å². The molecular weight excluding hydrogens is 357 g/mol. The summed E-state index contributed by atoms with van der Waals surface area (Å²) in [6.07, 6.45) is -1.11. The van der Waals surface area contributed by atoms with Gasteiger partial charge in [-0.2, -0.15) is 13.2 Å². The third-order valence-corrected chi connectivity index (χ3v) is 3.35. The predicted octanol–water partition coefficient (Wildman–Crippen LogP) is 4.69. The molecule has 0 aliphatic heterocycles. The molecule has 0 bridgehead atoms. The van der Waals surface area contributed by atoms with Gasteiger partial charge in [0, 0.05) is 12.7 Å². The van der Waals surface area contributed by atoms with E-state index in [1.165, 1.54) is 18.3 Å². The first-order valence-electron chi connectivity index (χ1n) is 7.20. The van der Waals surface area contributed by atoms with Gasteiger partial charge in [-0.3, -0.25) is 0 Å². The van der Waals surface area contributed by atoms with E-state index in [1.54, 1.807) is 0 Å². The van der Waals surface area contributed by atoms with Crippen LogP contribution in [0.5, 0.6) is 0 Å². The van der Waals surface area contributed by atoms with Crippen LogP contribution < -0.4 is 5.32 Å². The summed E-state index contributed by atoms with van der Waals surface area (Å²) >= 11 is 5.44. The fraction of sp³-hybridized carbons (Fsp3) is 0.176. The second-order valence-corrected chi connectivity index (χ2v) is 5.31. The molecule has 0 spiro atoms. The third kappa shape index (κ3) is 6.11. The van der Waals surface area contributed by atoms with Crippen LogP contribution in [0.25, 0.3) is 6.08 Å². The normalized spacial score (nSPS) is 11.5. The standard InChI is InChI=1S/C17H14ClF3N2O2/c18-15-14(17(19,20)21)9-13(10-23-15)7-4-8-22-16(24)25-11-12-5-2-1-3-6-12/h1-7,9-10H,8,11H2,(H,22,24). The smallest absolute Gasteiger partial charge is 0.419 e. The van der Waals surface area contributed by atoms with Crippen molar-refractivity contribution < 1.29 is 22.7 Å². The molecule has 8 heteroatoms. The molecule has 1 heterocycles. The summed E-state index contributed by atoms with van der Waals surface area (Å²) < 4.78 is 43.2. The van der Waals surface area contributed by atoms with Crippen molar-refractivity contribution in [1.82, 2.24) is 10.3 Å². The van der Waals surface area contributed by atoms with E-state index in [1.807, 2.05) is 30.3 Å². The Kier molecular flexibility index (Phi) is 6.41. The van der Waals surface area contributed by atoms with Crippen LogP contribution in [-0.2, 0) is 17.5 Å². The highest BCUT2D eigenvalue weighted by Gasteiger charge is 2.34. The van der Waals surface area contributed by atoms with Gasteiger partial charge in [-0.25, -0.2) is 9.78 Å². The Hall–Kier alpha value is -2.54. The topological polar surface area (TPSA) is 51.2 Å². The zero-order valence-corrected chi connectivity index (χ0v) is 13.6. The summed E-state index contributed by atoms with van der Waals surface area (Å²) in [5.41, 5.74) is 0.0582. The molecule has 0 atom stereocenters. The van der Waals surface area contributed by atoms with E-state index in [0.29, 0.717) is 0 Å².